The van der Waals surface area contributed by atoms with Crippen molar-refractivity contribution in [3.05, 3.63) is 40.7 Å². The number of carbonyl (C=O) groups excluding carboxylic acids is 1. The van der Waals surface area contributed by atoms with Crippen molar-refractivity contribution in [3.8, 4) is 5.75 Å². The molecule has 5 atom stereocenters. The van der Waals surface area contributed by atoms with Gasteiger partial charge in [-0.25, -0.2) is 4.79 Å². The molecule has 0 saturated carbocycles. The number of likely N-dealkylation sites (tertiary alicyclic amines) is 1. The summed E-state index contributed by atoms with van der Waals surface area (Å²) in [7, 11) is 1.95. The Bertz CT molecular complexity index is 990. The van der Waals surface area contributed by atoms with Crippen molar-refractivity contribution in [2.75, 3.05) is 13.6 Å². The zero-order chi connectivity index (χ0) is 23.4. The number of rotatable bonds is 5. The second kappa shape index (κ2) is 7.84. The van der Waals surface area contributed by atoms with Crippen LogP contribution in [0.25, 0.3) is 0 Å². The smallest absolute Gasteiger partial charge is 0.333 e. The number of aryl methyl sites for hydroxylation is 1. The number of carbonyl (C=O) groups is 2. The minimum absolute atomic E-state index is 0.188. The predicted octanol–water partition coefficient (Wildman–Crippen LogP) is 0.608. The number of carboxylic acids is 1. The predicted molar refractivity (Wildman–Crippen MR) is 112 cm³/mol. The van der Waals surface area contributed by atoms with E-state index in [0.717, 1.165) is 11.1 Å². The molecule has 174 valence electrons. The molecule has 0 aromatic heterocycles. The Hall–Kier alpha value is -2.46. The number of fused-ring (bicyclic) bond motifs is 1. The standard InChI is InChI=1S/C23H29NO8/c1-12-4-5-14(11-25)19-18(12)22-8-9-24(3)13(2)23(22,30)7-6-16(20(22)32-19)31-17(27)10-15(26)21(28)29/h4-6,13,15,20,25-26,30H,7-11H2,1-3H3,(H,28,29)/t13-,15+,20+,22+,23-/m1/s1. The van der Waals surface area contributed by atoms with Crippen LogP contribution in [0.3, 0.4) is 0 Å². The number of hydrogen-bond acceptors (Lipinski definition) is 8. The van der Waals surface area contributed by atoms with Crippen LogP contribution in [0.5, 0.6) is 5.75 Å². The van der Waals surface area contributed by atoms with Crippen LogP contribution in [0.4, 0.5) is 0 Å². The first-order chi connectivity index (χ1) is 15.1. The number of nitrogens with zero attached hydrogens (tertiary/aromatic N) is 1. The number of aliphatic hydroxyl groups excluding tert-OH is 2. The fourth-order valence-electron chi connectivity index (χ4n) is 5.62. The van der Waals surface area contributed by atoms with Crippen LogP contribution in [0.2, 0.25) is 0 Å². The first kappa shape index (κ1) is 22.7. The van der Waals surface area contributed by atoms with Crippen molar-refractivity contribution in [1.29, 1.82) is 0 Å². The van der Waals surface area contributed by atoms with Gasteiger partial charge in [-0.2, -0.15) is 0 Å². The first-order valence-corrected chi connectivity index (χ1v) is 10.7. The van der Waals surface area contributed by atoms with Crippen LogP contribution >= 0.6 is 0 Å². The Morgan fingerprint density at radius 3 is 2.75 bits per heavy atom. The zero-order valence-corrected chi connectivity index (χ0v) is 18.4. The van der Waals surface area contributed by atoms with Gasteiger partial charge in [-0.15, -0.1) is 0 Å². The molecule has 2 heterocycles. The Labute approximate surface area is 185 Å². The molecule has 1 spiro atoms. The molecule has 0 radical (unpaired) electrons. The van der Waals surface area contributed by atoms with Crippen molar-refractivity contribution >= 4 is 11.9 Å². The van der Waals surface area contributed by atoms with Crippen LogP contribution in [0.15, 0.2) is 24.0 Å². The monoisotopic (exact) mass is 447 g/mol. The van der Waals surface area contributed by atoms with Gasteiger partial charge in [0, 0.05) is 23.6 Å². The van der Waals surface area contributed by atoms with Crippen LogP contribution in [0, 0.1) is 6.92 Å². The van der Waals surface area contributed by atoms with E-state index in [-0.39, 0.29) is 24.8 Å². The third-order valence-corrected chi connectivity index (χ3v) is 7.48. The fourth-order valence-corrected chi connectivity index (χ4v) is 5.62. The van der Waals surface area contributed by atoms with E-state index in [1.165, 1.54) is 0 Å². The molecule has 9 heteroatoms. The molecule has 1 saturated heterocycles. The number of likely N-dealkylation sites (N-methyl/N-ethyl adjacent to an activating group) is 1. The molecule has 2 aliphatic heterocycles. The van der Waals surface area contributed by atoms with E-state index in [1.54, 1.807) is 12.1 Å². The Balaban J connectivity index is 1.81. The zero-order valence-electron chi connectivity index (χ0n) is 18.4. The molecule has 0 amide bonds. The molecule has 4 rings (SSSR count). The third kappa shape index (κ3) is 3.07. The second-order valence-corrected chi connectivity index (χ2v) is 9.05. The molecule has 0 bridgehead atoms. The number of aliphatic hydroxyl groups is 3. The summed E-state index contributed by atoms with van der Waals surface area (Å²) in [5.41, 5.74) is 0.146. The Morgan fingerprint density at radius 1 is 1.38 bits per heavy atom. The number of aliphatic carboxylic acids is 1. The lowest BCUT2D eigenvalue weighted by atomic mass is 9.54. The average Bonchev–Trinajstić information content (AvgIpc) is 3.11. The van der Waals surface area contributed by atoms with E-state index < -0.39 is 41.6 Å². The largest absolute Gasteiger partial charge is 0.481 e. The lowest BCUT2D eigenvalue weighted by molar-refractivity contribution is -0.164. The highest BCUT2D eigenvalue weighted by Gasteiger charge is 2.69. The number of benzene rings is 1. The van der Waals surface area contributed by atoms with Crippen LogP contribution < -0.4 is 4.74 Å². The van der Waals surface area contributed by atoms with Crippen molar-refractivity contribution < 1.29 is 39.5 Å². The van der Waals surface area contributed by atoms with E-state index >= 15 is 0 Å². The lowest BCUT2D eigenvalue weighted by Crippen LogP contribution is -2.71. The number of esters is 1. The van der Waals surface area contributed by atoms with E-state index in [2.05, 4.69) is 4.90 Å². The molecular weight excluding hydrogens is 418 g/mol. The third-order valence-electron chi connectivity index (χ3n) is 7.48. The van der Waals surface area contributed by atoms with Gasteiger partial charge in [-0.05, 0) is 45.5 Å². The van der Waals surface area contributed by atoms with Crippen LogP contribution in [-0.4, -0.2) is 74.7 Å². The maximum Gasteiger partial charge on any atom is 0.333 e. The number of hydrogen-bond donors (Lipinski definition) is 4. The maximum atomic E-state index is 12.4. The second-order valence-electron chi connectivity index (χ2n) is 9.05. The molecule has 1 aromatic carbocycles. The molecular formula is C23H29NO8. The molecule has 32 heavy (non-hydrogen) atoms. The normalized spacial score (nSPS) is 32.1. The van der Waals surface area contributed by atoms with Gasteiger partial charge in [0.25, 0.3) is 0 Å². The molecule has 3 aliphatic rings. The summed E-state index contributed by atoms with van der Waals surface area (Å²) in [6.45, 7) is 4.31. The van der Waals surface area contributed by atoms with Crippen LogP contribution in [0.1, 0.15) is 42.9 Å². The summed E-state index contributed by atoms with van der Waals surface area (Å²) in [4.78, 5) is 25.4. The summed E-state index contributed by atoms with van der Waals surface area (Å²) in [6, 6.07) is 3.44. The van der Waals surface area contributed by atoms with E-state index in [0.29, 0.717) is 24.3 Å². The highest BCUT2D eigenvalue weighted by atomic mass is 16.6. The van der Waals surface area contributed by atoms with Crippen molar-refractivity contribution in [2.24, 2.45) is 0 Å². The van der Waals surface area contributed by atoms with E-state index in [9.17, 15) is 24.9 Å². The SMILES string of the molecule is Cc1ccc(CO)c2c1[C@]13CCN(C)[C@H](C)[C@]1(O)CC=C(OC(=O)C[C@H](O)C(=O)O)[C@@H]3O2. The summed E-state index contributed by atoms with van der Waals surface area (Å²) in [5.74, 6) is -1.73. The minimum atomic E-state index is -1.87. The van der Waals surface area contributed by atoms with Gasteiger partial charge in [0.05, 0.1) is 24.0 Å². The highest BCUT2D eigenvalue weighted by Crippen LogP contribution is 2.61. The van der Waals surface area contributed by atoms with Gasteiger partial charge < -0.3 is 34.8 Å². The average molecular weight is 447 g/mol. The van der Waals surface area contributed by atoms with Crippen molar-refractivity contribution in [3.63, 3.8) is 0 Å². The quantitative estimate of drug-likeness (QED) is 0.479. The molecule has 9 nitrogen and oxygen atoms in total. The summed E-state index contributed by atoms with van der Waals surface area (Å²) in [5, 5.41) is 40.4. The molecule has 1 fully saturated rings. The molecule has 1 aromatic rings. The van der Waals surface area contributed by atoms with Gasteiger partial charge >= 0.3 is 11.9 Å². The Morgan fingerprint density at radius 2 is 2.09 bits per heavy atom. The Kier molecular flexibility index (Phi) is 5.57. The fraction of sp³-hybridized carbons (Fsp3) is 0.565. The number of carboxylic acid groups (broad SMARTS) is 1. The first-order valence-electron chi connectivity index (χ1n) is 10.7. The summed E-state index contributed by atoms with van der Waals surface area (Å²) >= 11 is 0. The summed E-state index contributed by atoms with van der Waals surface area (Å²) in [6.07, 6.45) is -1.06. The molecule has 4 N–H and O–H groups in total. The maximum absolute atomic E-state index is 12.4. The van der Waals surface area contributed by atoms with E-state index in [4.69, 9.17) is 14.6 Å². The van der Waals surface area contributed by atoms with Crippen molar-refractivity contribution in [1.82, 2.24) is 4.90 Å². The summed E-state index contributed by atoms with van der Waals surface area (Å²) < 4.78 is 11.8. The van der Waals surface area contributed by atoms with Gasteiger partial charge in [-0.1, -0.05) is 12.1 Å². The van der Waals surface area contributed by atoms with Crippen molar-refractivity contribution in [2.45, 2.75) is 69.0 Å². The van der Waals surface area contributed by atoms with Gasteiger partial charge in [0.15, 0.2) is 12.2 Å². The minimum Gasteiger partial charge on any atom is -0.481 e. The highest BCUT2D eigenvalue weighted by molar-refractivity contribution is 5.81. The number of ether oxygens (including phenoxy) is 2. The van der Waals surface area contributed by atoms with Crippen LogP contribution in [-0.2, 0) is 26.3 Å². The lowest BCUT2D eigenvalue weighted by Gasteiger charge is -2.58. The van der Waals surface area contributed by atoms with Gasteiger partial charge in [-0.3, -0.25) is 4.79 Å². The van der Waals surface area contributed by atoms with E-state index in [1.807, 2.05) is 27.0 Å². The molecule has 0 unspecified atom stereocenters. The number of piperidine rings is 1. The molecule has 1 aliphatic carbocycles. The van der Waals surface area contributed by atoms with Gasteiger partial charge in [0.1, 0.15) is 11.5 Å². The van der Waals surface area contributed by atoms with Gasteiger partial charge in [0.2, 0.25) is 0 Å². The topological polar surface area (TPSA) is 137 Å².